The number of esters is 2. The van der Waals surface area contributed by atoms with Gasteiger partial charge in [-0.05, 0) is 6.42 Å². The number of carbonyl (C=O) groups is 3. The Bertz CT molecular complexity index is 326. The van der Waals surface area contributed by atoms with Crippen LogP contribution in [0.5, 0.6) is 0 Å². The number of likely N-dealkylation sites (N-methyl/N-ethyl adjacent to an activating group) is 1. The maximum absolute atomic E-state index is 11.9. The number of hydrogen-bond acceptors (Lipinski definition) is 6. The van der Waals surface area contributed by atoms with E-state index < -0.39 is 18.0 Å². The first kappa shape index (κ1) is 14.4. The number of amides is 1. The minimum Gasteiger partial charge on any atom is -0.468 e. The van der Waals surface area contributed by atoms with Gasteiger partial charge in [-0.3, -0.25) is 19.3 Å². The highest BCUT2D eigenvalue weighted by Gasteiger charge is 2.36. The molecule has 1 aliphatic rings. The zero-order valence-electron chi connectivity index (χ0n) is 10.8. The highest BCUT2D eigenvalue weighted by atomic mass is 16.5. The number of carbonyl (C=O) groups excluding carboxylic acids is 3. The van der Waals surface area contributed by atoms with Crippen LogP contribution in [0, 0.1) is 0 Å². The van der Waals surface area contributed by atoms with Gasteiger partial charge >= 0.3 is 11.9 Å². The van der Waals surface area contributed by atoms with Gasteiger partial charge in [0.1, 0.15) is 0 Å². The molecule has 1 aliphatic heterocycles. The van der Waals surface area contributed by atoms with E-state index >= 15 is 0 Å². The standard InChI is InChI=1S/C11H18N2O5/c1-12-5-4-8(11(12)16)13(6-9(14)17-2)7-10(15)18-3/h8H,4-7H2,1-3H3. The molecule has 18 heavy (non-hydrogen) atoms. The molecule has 7 heteroatoms. The van der Waals surface area contributed by atoms with E-state index in [1.165, 1.54) is 19.1 Å². The summed E-state index contributed by atoms with van der Waals surface area (Å²) in [6.07, 6.45) is 0.587. The number of rotatable bonds is 5. The lowest BCUT2D eigenvalue weighted by Crippen LogP contribution is -2.46. The van der Waals surface area contributed by atoms with Crippen LogP contribution in [-0.2, 0) is 23.9 Å². The van der Waals surface area contributed by atoms with Crippen molar-refractivity contribution < 1.29 is 23.9 Å². The van der Waals surface area contributed by atoms with E-state index in [1.807, 2.05) is 0 Å². The molecular formula is C11H18N2O5. The number of hydrogen-bond donors (Lipinski definition) is 0. The van der Waals surface area contributed by atoms with Gasteiger partial charge in [0, 0.05) is 13.6 Å². The molecule has 0 aliphatic carbocycles. The van der Waals surface area contributed by atoms with Crippen LogP contribution >= 0.6 is 0 Å². The summed E-state index contributed by atoms with van der Waals surface area (Å²) in [5.74, 6) is -1.06. The van der Waals surface area contributed by atoms with Gasteiger partial charge in [-0.1, -0.05) is 0 Å². The third-order valence-corrected chi connectivity index (χ3v) is 2.96. The largest absolute Gasteiger partial charge is 0.468 e. The van der Waals surface area contributed by atoms with Gasteiger partial charge in [-0.2, -0.15) is 0 Å². The van der Waals surface area contributed by atoms with Crippen molar-refractivity contribution >= 4 is 17.8 Å². The van der Waals surface area contributed by atoms with Crippen LogP contribution in [0.2, 0.25) is 0 Å². The Balaban J connectivity index is 2.73. The molecule has 102 valence electrons. The van der Waals surface area contributed by atoms with Crippen molar-refractivity contribution in [3.63, 3.8) is 0 Å². The molecule has 0 bridgehead atoms. The topological polar surface area (TPSA) is 76.2 Å². The van der Waals surface area contributed by atoms with Gasteiger partial charge in [-0.25, -0.2) is 0 Å². The van der Waals surface area contributed by atoms with Crippen LogP contribution in [0.1, 0.15) is 6.42 Å². The van der Waals surface area contributed by atoms with Crippen molar-refractivity contribution in [3.05, 3.63) is 0 Å². The fourth-order valence-electron chi connectivity index (χ4n) is 1.88. The fourth-order valence-corrected chi connectivity index (χ4v) is 1.88. The quantitative estimate of drug-likeness (QED) is 0.580. The number of ether oxygens (including phenoxy) is 2. The van der Waals surface area contributed by atoms with Crippen LogP contribution in [0.25, 0.3) is 0 Å². The van der Waals surface area contributed by atoms with Gasteiger partial charge in [-0.15, -0.1) is 0 Å². The highest BCUT2D eigenvalue weighted by Crippen LogP contribution is 2.15. The lowest BCUT2D eigenvalue weighted by Gasteiger charge is -2.24. The molecular weight excluding hydrogens is 240 g/mol. The lowest BCUT2D eigenvalue weighted by atomic mass is 10.2. The van der Waals surface area contributed by atoms with E-state index in [0.717, 1.165) is 0 Å². The van der Waals surface area contributed by atoms with Crippen LogP contribution in [-0.4, -0.2) is 74.6 Å². The minimum absolute atomic E-state index is 0.0946. The predicted molar refractivity (Wildman–Crippen MR) is 61.6 cm³/mol. The van der Waals surface area contributed by atoms with E-state index in [1.54, 1.807) is 11.9 Å². The van der Waals surface area contributed by atoms with Crippen LogP contribution in [0.4, 0.5) is 0 Å². The Kier molecular flexibility index (Phi) is 5.08. The molecule has 0 N–H and O–H groups in total. The molecule has 1 amide bonds. The summed E-state index contributed by atoms with van der Waals surface area (Å²) in [6, 6.07) is -0.465. The maximum atomic E-state index is 11.9. The molecule has 1 fully saturated rings. The van der Waals surface area contributed by atoms with Gasteiger partial charge in [0.25, 0.3) is 0 Å². The highest BCUT2D eigenvalue weighted by molar-refractivity contribution is 5.85. The van der Waals surface area contributed by atoms with Gasteiger partial charge in [0.2, 0.25) is 5.91 Å². The second kappa shape index (κ2) is 6.34. The summed E-state index contributed by atoms with van der Waals surface area (Å²) in [7, 11) is 4.22. The normalized spacial score (nSPS) is 19.2. The molecule has 1 unspecified atom stereocenters. The molecule has 1 heterocycles. The predicted octanol–water partition coefficient (Wildman–Crippen LogP) is -1.13. The van der Waals surface area contributed by atoms with E-state index in [-0.39, 0.29) is 19.0 Å². The average molecular weight is 258 g/mol. The number of methoxy groups -OCH3 is 2. The van der Waals surface area contributed by atoms with Crippen molar-refractivity contribution in [1.82, 2.24) is 9.80 Å². The monoisotopic (exact) mass is 258 g/mol. The summed E-state index contributed by atoms with van der Waals surface area (Å²) < 4.78 is 9.12. The molecule has 0 saturated carbocycles. The third-order valence-electron chi connectivity index (χ3n) is 2.96. The second-order valence-electron chi connectivity index (χ2n) is 4.12. The number of nitrogens with zero attached hydrogens (tertiary/aromatic N) is 2. The smallest absolute Gasteiger partial charge is 0.319 e. The zero-order chi connectivity index (χ0) is 13.7. The van der Waals surface area contributed by atoms with E-state index in [2.05, 4.69) is 9.47 Å². The Morgan fingerprint density at radius 1 is 1.28 bits per heavy atom. The van der Waals surface area contributed by atoms with Crippen molar-refractivity contribution in [1.29, 1.82) is 0 Å². The van der Waals surface area contributed by atoms with Crippen LogP contribution in [0.3, 0.4) is 0 Å². The van der Waals surface area contributed by atoms with Gasteiger partial charge in [0.15, 0.2) is 0 Å². The Hall–Kier alpha value is -1.63. The fraction of sp³-hybridized carbons (Fsp3) is 0.727. The summed E-state index contributed by atoms with van der Waals surface area (Å²) in [5, 5.41) is 0. The summed E-state index contributed by atoms with van der Waals surface area (Å²) in [5.41, 5.74) is 0. The Labute approximate surface area is 106 Å². The third kappa shape index (κ3) is 3.43. The molecule has 1 atom stereocenters. The SMILES string of the molecule is COC(=O)CN(CC(=O)OC)C1CCN(C)C1=O. The van der Waals surface area contributed by atoms with E-state index in [0.29, 0.717) is 13.0 Å². The van der Waals surface area contributed by atoms with Crippen molar-refractivity contribution in [2.45, 2.75) is 12.5 Å². The van der Waals surface area contributed by atoms with Crippen molar-refractivity contribution in [2.24, 2.45) is 0 Å². The van der Waals surface area contributed by atoms with Crippen molar-refractivity contribution in [3.8, 4) is 0 Å². The van der Waals surface area contributed by atoms with E-state index in [9.17, 15) is 14.4 Å². The Morgan fingerprint density at radius 3 is 2.11 bits per heavy atom. The van der Waals surface area contributed by atoms with Crippen LogP contribution < -0.4 is 0 Å². The second-order valence-corrected chi connectivity index (χ2v) is 4.12. The average Bonchev–Trinajstić information content (AvgIpc) is 2.68. The summed E-state index contributed by atoms with van der Waals surface area (Å²) in [6.45, 7) is 0.411. The Morgan fingerprint density at radius 2 is 1.78 bits per heavy atom. The van der Waals surface area contributed by atoms with Crippen LogP contribution in [0.15, 0.2) is 0 Å². The summed E-state index contributed by atoms with van der Waals surface area (Å²) in [4.78, 5) is 37.5. The van der Waals surface area contributed by atoms with Gasteiger partial charge < -0.3 is 14.4 Å². The molecule has 7 nitrogen and oxygen atoms in total. The first-order chi connectivity index (χ1) is 8.49. The van der Waals surface area contributed by atoms with Crippen molar-refractivity contribution in [2.75, 3.05) is 40.9 Å². The molecule has 0 aromatic carbocycles. The molecule has 1 saturated heterocycles. The molecule has 0 aromatic rings. The molecule has 1 rings (SSSR count). The summed E-state index contributed by atoms with van der Waals surface area (Å²) >= 11 is 0. The van der Waals surface area contributed by atoms with E-state index in [4.69, 9.17) is 0 Å². The molecule has 0 radical (unpaired) electrons. The minimum atomic E-state index is -0.485. The maximum Gasteiger partial charge on any atom is 0.319 e. The zero-order valence-corrected chi connectivity index (χ0v) is 10.8. The molecule has 0 aromatic heterocycles. The lowest BCUT2D eigenvalue weighted by molar-refractivity contribution is -0.147. The first-order valence-corrected chi connectivity index (χ1v) is 5.62. The first-order valence-electron chi connectivity index (χ1n) is 5.62. The molecule has 0 spiro atoms. The number of likely N-dealkylation sites (tertiary alicyclic amines) is 1. The van der Waals surface area contributed by atoms with Gasteiger partial charge in [0.05, 0.1) is 33.4 Å².